The molecule has 17 heavy (non-hydrogen) atoms. The third-order valence-electron chi connectivity index (χ3n) is 2.14. The van der Waals surface area contributed by atoms with Crippen molar-refractivity contribution in [3.05, 3.63) is 51.7 Å². The van der Waals surface area contributed by atoms with Crippen molar-refractivity contribution < 1.29 is 13.6 Å². The Balaban J connectivity index is 2.18. The second kappa shape index (κ2) is 4.63. The van der Waals surface area contributed by atoms with Gasteiger partial charge >= 0.3 is 0 Å². The molecule has 0 radical (unpaired) electrons. The number of hydrogen-bond acceptors (Lipinski definition) is 2. The van der Waals surface area contributed by atoms with Crippen LogP contribution in [0.5, 0.6) is 0 Å². The van der Waals surface area contributed by atoms with Gasteiger partial charge in [-0.15, -0.1) is 11.3 Å². The fourth-order valence-corrected chi connectivity index (χ4v) is 2.09. The Kier molecular flexibility index (Phi) is 3.19. The Morgan fingerprint density at radius 3 is 2.59 bits per heavy atom. The highest BCUT2D eigenvalue weighted by Crippen LogP contribution is 2.19. The molecule has 0 aliphatic carbocycles. The van der Waals surface area contributed by atoms with Crippen molar-refractivity contribution in [3.8, 4) is 0 Å². The smallest absolute Gasteiger partial charge is 0.265 e. The van der Waals surface area contributed by atoms with Crippen LogP contribution in [-0.4, -0.2) is 5.91 Å². The highest BCUT2D eigenvalue weighted by molar-refractivity contribution is 7.14. The number of thiophene rings is 1. The summed E-state index contributed by atoms with van der Waals surface area (Å²) in [6.07, 6.45) is 0. The van der Waals surface area contributed by atoms with Gasteiger partial charge in [0, 0.05) is 10.9 Å². The first kappa shape index (κ1) is 11.7. The molecule has 1 amide bonds. The van der Waals surface area contributed by atoms with E-state index in [2.05, 4.69) is 5.32 Å². The molecule has 0 saturated carbocycles. The summed E-state index contributed by atoms with van der Waals surface area (Å²) in [4.78, 5) is 13.2. The lowest BCUT2D eigenvalue weighted by molar-refractivity contribution is 0.103. The van der Waals surface area contributed by atoms with Crippen LogP contribution in [0.25, 0.3) is 0 Å². The Labute approximate surface area is 101 Å². The number of halogens is 2. The van der Waals surface area contributed by atoms with Crippen LogP contribution < -0.4 is 5.32 Å². The van der Waals surface area contributed by atoms with E-state index in [0.717, 1.165) is 17.0 Å². The molecule has 1 aromatic heterocycles. The van der Waals surface area contributed by atoms with Crippen molar-refractivity contribution in [2.24, 2.45) is 0 Å². The molecule has 0 atom stereocenters. The van der Waals surface area contributed by atoms with E-state index < -0.39 is 17.5 Å². The molecule has 0 aliphatic heterocycles. The number of nitrogens with one attached hydrogen (secondary N) is 1. The van der Waals surface area contributed by atoms with E-state index in [4.69, 9.17) is 0 Å². The van der Waals surface area contributed by atoms with Crippen molar-refractivity contribution in [2.75, 3.05) is 5.32 Å². The third kappa shape index (κ3) is 2.68. The average Bonchev–Trinajstić information content (AvgIpc) is 2.69. The minimum absolute atomic E-state index is 0.0255. The van der Waals surface area contributed by atoms with Crippen molar-refractivity contribution in [2.45, 2.75) is 6.92 Å². The van der Waals surface area contributed by atoms with Gasteiger partial charge in [0.25, 0.3) is 5.91 Å². The van der Waals surface area contributed by atoms with E-state index in [-0.39, 0.29) is 5.69 Å². The molecule has 0 bridgehead atoms. The molecule has 0 aliphatic rings. The lowest BCUT2D eigenvalue weighted by Gasteiger charge is -2.04. The van der Waals surface area contributed by atoms with Gasteiger partial charge < -0.3 is 5.32 Å². The molecule has 0 unspecified atom stereocenters. The molecule has 2 rings (SSSR count). The Morgan fingerprint density at radius 2 is 2.00 bits per heavy atom. The average molecular weight is 253 g/mol. The van der Waals surface area contributed by atoms with Crippen LogP contribution in [0.3, 0.4) is 0 Å². The molecule has 1 aromatic carbocycles. The van der Waals surface area contributed by atoms with E-state index in [0.29, 0.717) is 4.88 Å². The largest absolute Gasteiger partial charge is 0.319 e. The van der Waals surface area contributed by atoms with Crippen LogP contribution in [-0.2, 0) is 0 Å². The zero-order valence-electron chi connectivity index (χ0n) is 8.96. The number of hydrogen-bond donors (Lipinski definition) is 1. The first-order valence-corrected chi connectivity index (χ1v) is 5.71. The number of benzene rings is 1. The predicted octanol–water partition coefficient (Wildman–Crippen LogP) is 3.59. The molecule has 2 nitrogen and oxygen atoms in total. The molecule has 1 N–H and O–H groups in total. The van der Waals surface area contributed by atoms with E-state index >= 15 is 0 Å². The Bertz CT molecular complexity index is 565. The molecule has 0 fully saturated rings. The molecule has 0 saturated heterocycles. The fourth-order valence-electron chi connectivity index (χ4n) is 1.33. The fraction of sp³-hybridized carbons (Fsp3) is 0.0833. The third-order valence-corrected chi connectivity index (χ3v) is 3.14. The molecule has 0 spiro atoms. The van der Waals surface area contributed by atoms with Gasteiger partial charge in [0.2, 0.25) is 0 Å². The molecular formula is C12H9F2NOS. The number of aryl methyl sites for hydroxylation is 1. The molecule has 5 heteroatoms. The summed E-state index contributed by atoms with van der Waals surface area (Å²) >= 11 is 1.32. The van der Waals surface area contributed by atoms with E-state index in [1.165, 1.54) is 17.4 Å². The summed E-state index contributed by atoms with van der Waals surface area (Å²) in [6.45, 7) is 1.87. The summed E-state index contributed by atoms with van der Waals surface area (Å²) < 4.78 is 25.9. The predicted molar refractivity (Wildman–Crippen MR) is 63.4 cm³/mol. The highest BCUT2D eigenvalue weighted by Gasteiger charge is 2.11. The van der Waals surface area contributed by atoms with Crippen LogP contribution in [0.4, 0.5) is 14.5 Å². The van der Waals surface area contributed by atoms with Gasteiger partial charge in [-0.1, -0.05) is 0 Å². The van der Waals surface area contributed by atoms with Crippen molar-refractivity contribution in [1.29, 1.82) is 0 Å². The number of carbonyl (C=O) groups is 1. The van der Waals surface area contributed by atoms with Crippen LogP contribution in [0, 0.1) is 18.6 Å². The number of carbonyl (C=O) groups excluding carboxylic acids is 1. The maximum atomic E-state index is 13.3. The first-order valence-electron chi connectivity index (χ1n) is 4.89. The van der Waals surface area contributed by atoms with Gasteiger partial charge in [-0.2, -0.15) is 0 Å². The second-order valence-corrected chi connectivity index (χ2v) is 4.78. The lowest BCUT2D eigenvalue weighted by Crippen LogP contribution is -2.11. The minimum Gasteiger partial charge on any atom is -0.319 e. The number of anilines is 1. The Morgan fingerprint density at radius 1 is 1.24 bits per heavy atom. The van der Waals surface area contributed by atoms with Crippen LogP contribution in [0.2, 0.25) is 0 Å². The highest BCUT2D eigenvalue weighted by atomic mass is 32.1. The second-order valence-electron chi connectivity index (χ2n) is 3.49. The lowest BCUT2D eigenvalue weighted by atomic mass is 10.3. The summed E-state index contributed by atoms with van der Waals surface area (Å²) in [5, 5.41) is 2.40. The molecule has 1 heterocycles. The zero-order valence-corrected chi connectivity index (χ0v) is 9.78. The van der Waals surface area contributed by atoms with E-state index in [1.807, 2.05) is 6.92 Å². The zero-order chi connectivity index (χ0) is 12.4. The summed E-state index contributed by atoms with van der Waals surface area (Å²) in [5.74, 6) is -1.85. The van der Waals surface area contributed by atoms with Crippen molar-refractivity contribution in [3.63, 3.8) is 0 Å². The van der Waals surface area contributed by atoms with Gasteiger partial charge in [-0.3, -0.25) is 4.79 Å². The summed E-state index contributed by atoms with van der Waals surface area (Å²) in [6, 6.07) is 6.49. The summed E-state index contributed by atoms with van der Waals surface area (Å²) in [5.41, 5.74) is -0.0255. The maximum Gasteiger partial charge on any atom is 0.265 e. The summed E-state index contributed by atoms with van der Waals surface area (Å²) in [7, 11) is 0. The van der Waals surface area contributed by atoms with E-state index in [9.17, 15) is 13.6 Å². The van der Waals surface area contributed by atoms with Gasteiger partial charge in [0.15, 0.2) is 0 Å². The van der Waals surface area contributed by atoms with Gasteiger partial charge in [0.05, 0.1) is 10.6 Å². The standard InChI is InChI=1S/C12H9F2NOS/c1-7-2-5-11(17-7)12(16)15-10-4-3-8(13)6-9(10)14/h2-6H,1H3,(H,15,16). The van der Waals surface area contributed by atoms with Crippen LogP contribution in [0.15, 0.2) is 30.3 Å². The van der Waals surface area contributed by atoms with Crippen molar-refractivity contribution >= 4 is 22.9 Å². The first-order chi connectivity index (χ1) is 8.06. The van der Waals surface area contributed by atoms with Gasteiger partial charge in [0.1, 0.15) is 11.6 Å². The number of rotatable bonds is 2. The van der Waals surface area contributed by atoms with E-state index in [1.54, 1.807) is 12.1 Å². The minimum atomic E-state index is -0.786. The molecule has 88 valence electrons. The van der Waals surface area contributed by atoms with Crippen LogP contribution in [0.1, 0.15) is 14.5 Å². The number of amides is 1. The molecule has 2 aromatic rings. The maximum absolute atomic E-state index is 13.3. The normalized spacial score (nSPS) is 10.3. The van der Waals surface area contributed by atoms with Crippen molar-refractivity contribution in [1.82, 2.24) is 0 Å². The quantitative estimate of drug-likeness (QED) is 0.870. The van der Waals surface area contributed by atoms with Gasteiger partial charge in [-0.05, 0) is 31.2 Å². The Hall–Kier alpha value is -1.75. The topological polar surface area (TPSA) is 29.1 Å². The monoisotopic (exact) mass is 253 g/mol. The van der Waals surface area contributed by atoms with Gasteiger partial charge in [-0.25, -0.2) is 8.78 Å². The SMILES string of the molecule is Cc1ccc(C(=O)Nc2ccc(F)cc2F)s1. The van der Waals surface area contributed by atoms with Crippen LogP contribution >= 0.6 is 11.3 Å². The molecular weight excluding hydrogens is 244 g/mol.